The summed E-state index contributed by atoms with van der Waals surface area (Å²) in [6.07, 6.45) is 1.43. The number of aryl methyl sites for hydroxylation is 1. The molecule has 0 bridgehead atoms. The van der Waals surface area contributed by atoms with Gasteiger partial charge in [-0.1, -0.05) is 13.0 Å². The van der Waals surface area contributed by atoms with Crippen LogP contribution in [0.4, 0.5) is 0 Å². The third-order valence-electron chi connectivity index (χ3n) is 4.84. The number of rotatable bonds is 4. The fraction of sp³-hybridized carbons (Fsp3) is 0.647. The van der Waals surface area contributed by atoms with Gasteiger partial charge in [0.05, 0.1) is 19.8 Å². The predicted molar refractivity (Wildman–Crippen MR) is 83.8 cm³/mol. The number of morpholine rings is 1. The highest BCUT2D eigenvalue weighted by atomic mass is 16.5. The lowest BCUT2D eigenvalue weighted by Crippen LogP contribution is -2.48. The Morgan fingerprint density at radius 2 is 2.14 bits per heavy atom. The Kier molecular flexibility index (Phi) is 4.48. The molecule has 0 N–H and O–H groups in total. The summed E-state index contributed by atoms with van der Waals surface area (Å²) in [5, 5.41) is 0. The van der Waals surface area contributed by atoms with Crippen molar-refractivity contribution in [3.63, 3.8) is 0 Å². The number of methoxy groups -OCH3 is 1. The monoisotopic (exact) mass is 290 g/mol. The van der Waals surface area contributed by atoms with Gasteiger partial charge in [0, 0.05) is 32.2 Å². The maximum atomic E-state index is 5.93. The summed E-state index contributed by atoms with van der Waals surface area (Å²) in [6.45, 7) is 7.29. The van der Waals surface area contributed by atoms with Gasteiger partial charge >= 0.3 is 0 Å². The number of hydrogen-bond acceptors (Lipinski definition) is 4. The van der Waals surface area contributed by atoms with Gasteiger partial charge in [0.15, 0.2) is 0 Å². The van der Waals surface area contributed by atoms with Gasteiger partial charge in [-0.3, -0.25) is 9.80 Å². The summed E-state index contributed by atoms with van der Waals surface area (Å²) in [7, 11) is 3.95. The lowest BCUT2D eigenvalue weighted by molar-refractivity contribution is -0.0370. The minimum Gasteiger partial charge on any atom is -0.497 e. The Morgan fingerprint density at radius 1 is 1.29 bits per heavy atom. The zero-order valence-corrected chi connectivity index (χ0v) is 13.3. The summed E-state index contributed by atoms with van der Waals surface area (Å²) in [4.78, 5) is 4.97. The highest BCUT2D eigenvalue weighted by molar-refractivity contribution is 5.35. The zero-order chi connectivity index (χ0) is 14.8. The summed E-state index contributed by atoms with van der Waals surface area (Å²) in [5.41, 5.74) is 2.80. The fourth-order valence-corrected chi connectivity index (χ4v) is 3.52. The van der Waals surface area contributed by atoms with Gasteiger partial charge in [-0.15, -0.1) is 0 Å². The van der Waals surface area contributed by atoms with Crippen LogP contribution in [0, 0.1) is 0 Å². The second kappa shape index (κ2) is 6.34. The van der Waals surface area contributed by atoms with Crippen molar-refractivity contribution in [3.05, 3.63) is 29.3 Å². The van der Waals surface area contributed by atoms with E-state index in [2.05, 4.69) is 42.0 Å². The van der Waals surface area contributed by atoms with E-state index < -0.39 is 0 Å². The van der Waals surface area contributed by atoms with Gasteiger partial charge in [-0.2, -0.15) is 0 Å². The second-order valence-electron chi connectivity index (χ2n) is 6.14. The molecule has 21 heavy (non-hydrogen) atoms. The molecule has 0 aliphatic carbocycles. The van der Waals surface area contributed by atoms with Crippen molar-refractivity contribution in [1.29, 1.82) is 0 Å². The molecule has 2 aliphatic heterocycles. The van der Waals surface area contributed by atoms with E-state index in [-0.39, 0.29) is 0 Å². The number of benzene rings is 1. The molecule has 0 spiro atoms. The van der Waals surface area contributed by atoms with Crippen molar-refractivity contribution >= 4 is 0 Å². The third kappa shape index (κ3) is 3.07. The van der Waals surface area contributed by atoms with Crippen molar-refractivity contribution in [3.8, 4) is 5.75 Å². The molecule has 4 nitrogen and oxygen atoms in total. The molecule has 116 valence electrons. The van der Waals surface area contributed by atoms with Crippen LogP contribution < -0.4 is 4.74 Å². The van der Waals surface area contributed by atoms with Gasteiger partial charge in [0.1, 0.15) is 5.75 Å². The summed E-state index contributed by atoms with van der Waals surface area (Å²) in [5.74, 6) is 0.953. The Balaban J connectivity index is 1.70. The molecule has 1 aromatic rings. The molecule has 2 heterocycles. The normalized spacial score (nSPS) is 26.8. The summed E-state index contributed by atoms with van der Waals surface area (Å²) in [6, 6.07) is 7.01. The van der Waals surface area contributed by atoms with Crippen molar-refractivity contribution < 1.29 is 9.47 Å². The van der Waals surface area contributed by atoms with E-state index in [0.29, 0.717) is 12.1 Å². The van der Waals surface area contributed by atoms with E-state index in [1.54, 1.807) is 7.11 Å². The van der Waals surface area contributed by atoms with E-state index >= 15 is 0 Å². The smallest absolute Gasteiger partial charge is 0.119 e. The van der Waals surface area contributed by atoms with E-state index in [0.717, 1.165) is 45.0 Å². The molecule has 3 rings (SSSR count). The number of hydrogen-bond donors (Lipinski definition) is 0. The lowest BCUT2D eigenvalue weighted by Gasteiger charge is -2.33. The van der Waals surface area contributed by atoms with Gasteiger partial charge < -0.3 is 9.47 Å². The molecule has 0 aromatic heterocycles. The first-order valence-electron chi connectivity index (χ1n) is 7.91. The number of likely N-dealkylation sites (N-methyl/N-ethyl adjacent to an activating group) is 1. The highest BCUT2D eigenvalue weighted by Crippen LogP contribution is 2.25. The standard InChI is InChI=1S/C17H26N2O2/c1-4-13-9-15(20-3)6-5-14(13)10-19-11-16-17(12-19)21-8-7-18(16)2/h5-6,9,16-17H,4,7-8,10-12H2,1-3H3/t16-,17+/m0/s1. The minimum absolute atomic E-state index is 0.382. The molecule has 2 aliphatic rings. The Morgan fingerprint density at radius 3 is 2.86 bits per heavy atom. The average Bonchev–Trinajstić information content (AvgIpc) is 2.91. The molecule has 0 amide bonds. The molecule has 1 aromatic carbocycles. The van der Waals surface area contributed by atoms with Gasteiger partial charge in [0.2, 0.25) is 0 Å². The summed E-state index contributed by atoms with van der Waals surface area (Å²) >= 11 is 0. The van der Waals surface area contributed by atoms with Crippen molar-refractivity contribution in [2.24, 2.45) is 0 Å². The maximum absolute atomic E-state index is 5.93. The molecule has 4 heteroatoms. The lowest BCUT2D eigenvalue weighted by atomic mass is 10.0. The topological polar surface area (TPSA) is 24.9 Å². The highest BCUT2D eigenvalue weighted by Gasteiger charge is 2.38. The van der Waals surface area contributed by atoms with Crippen LogP contribution in [0.2, 0.25) is 0 Å². The quantitative estimate of drug-likeness (QED) is 0.844. The van der Waals surface area contributed by atoms with Gasteiger partial charge in [-0.25, -0.2) is 0 Å². The van der Waals surface area contributed by atoms with Crippen LogP contribution in [0.15, 0.2) is 18.2 Å². The molecular formula is C17H26N2O2. The van der Waals surface area contributed by atoms with Crippen molar-refractivity contribution in [2.75, 3.05) is 40.4 Å². The van der Waals surface area contributed by atoms with E-state index in [1.165, 1.54) is 11.1 Å². The molecular weight excluding hydrogens is 264 g/mol. The Hall–Kier alpha value is -1.10. The molecule has 0 unspecified atom stereocenters. The van der Waals surface area contributed by atoms with Gasteiger partial charge in [-0.05, 0) is 36.7 Å². The number of nitrogens with zero attached hydrogens (tertiary/aromatic N) is 2. The van der Waals surface area contributed by atoms with E-state index in [9.17, 15) is 0 Å². The molecule has 0 saturated carbocycles. The number of ether oxygens (including phenoxy) is 2. The van der Waals surface area contributed by atoms with Crippen LogP contribution in [-0.2, 0) is 17.7 Å². The largest absolute Gasteiger partial charge is 0.497 e. The first-order chi connectivity index (χ1) is 10.2. The first-order valence-corrected chi connectivity index (χ1v) is 7.91. The summed E-state index contributed by atoms with van der Waals surface area (Å²) < 4.78 is 11.3. The average molecular weight is 290 g/mol. The van der Waals surface area contributed by atoms with Crippen LogP contribution in [0.3, 0.4) is 0 Å². The SMILES string of the molecule is CCc1cc(OC)ccc1CN1C[C@H]2OCCN(C)[C@H]2C1. The minimum atomic E-state index is 0.382. The van der Waals surface area contributed by atoms with Crippen LogP contribution >= 0.6 is 0 Å². The van der Waals surface area contributed by atoms with Crippen LogP contribution in [0.25, 0.3) is 0 Å². The Labute approximate surface area is 127 Å². The van der Waals surface area contributed by atoms with E-state index in [1.807, 2.05) is 0 Å². The Bertz CT molecular complexity index is 492. The molecule has 2 atom stereocenters. The van der Waals surface area contributed by atoms with Crippen LogP contribution in [0.5, 0.6) is 5.75 Å². The fourth-order valence-electron chi connectivity index (χ4n) is 3.52. The second-order valence-corrected chi connectivity index (χ2v) is 6.14. The first kappa shape index (κ1) is 14.8. The van der Waals surface area contributed by atoms with Gasteiger partial charge in [0.25, 0.3) is 0 Å². The number of fused-ring (bicyclic) bond motifs is 1. The van der Waals surface area contributed by atoms with Crippen LogP contribution in [-0.4, -0.2) is 62.3 Å². The predicted octanol–water partition coefficient (Wildman–Crippen LogP) is 1.77. The maximum Gasteiger partial charge on any atom is 0.119 e. The van der Waals surface area contributed by atoms with E-state index in [4.69, 9.17) is 9.47 Å². The number of likely N-dealkylation sites (tertiary alicyclic amines) is 1. The molecule has 2 fully saturated rings. The molecule has 2 saturated heterocycles. The van der Waals surface area contributed by atoms with Crippen LogP contribution in [0.1, 0.15) is 18.1 Å². The van der Waals surface area contributed by atoms with Crippen molar-refractivity contribution in [2.45, 2.75) is 32.0 Å². The third-order valence-corrected chi connectivity index (χ3v) is 4.84. The van der Waals surface area contributed by atoms with Crippen molar-refractivity contribution in [1.82, 2.24) is 9.80 Å². The molecule has 0 radical (unpaired) electrons. The zero-order valence-electron chi connectivity index (χ0n) is 13.3.